The van der Waals surface area contributed by atoms with Gasteiger partial charge in [0.25, 0.3) is 5.69 Å². The van der Waals surface area contributed by atoms with Crippen LogP contribution < -0.4 is 10.1 Å². The highest BCUT2D eigenvalue weighted by atomic mass is 16.6. The Bertz CT molecular complexity index is 498. The Morgan fingerprint density at radius 2 is 2.10 bits per heavy atom. The molecule has 2 N–H and O–H groups in total. The first-order valence-corrected chi connectivity index (χ1v) is 7.35. The number of nitro benzene ring substituents is 1. The minimum absolute atomic E-state index is 0.00733. The molecule has 1 aliphatic carbocycles. The van der Waals surface area contributed by atoms with Gasteiger partial charge in [-0.25, -0.2) is 0 Å². The molecule has 0 unspecified atom stereocenters. The summed E-state index contributed by atoms with van der Waals surface area (Å²) in [5.41, 5.74) is 0.566. The number of nitro groups is 1. The molecular weight excluding hydrogens is 272 g/mol. The molecule has 1 aromatic rings. The van der Waals surface area contributed by atoms with E-state index in [0.717, 1.165) is 25.7 Å². The lowest BCUT2D eigenvalue weighted by molar-refractivity contribution is -0.384. The predicted molar refractivity (Wildman–Crippen MR) is 80.7 cm³/mol. The number of rotatable bonds is 7. The number of ether oxygens (including phenoxy) is 1. The first kappa shape index (κ1) is 15.6. The monoisotopic (exact) mass is 294 g/mol. The van der Waals surface area contributed by atoms with Crippen LogP contribution in [0.3, 0.4) is 0 Å². The number of nitrogens with zero attached hydrogens (tertiary/aromatic N) is 1. The van der Waals surface area contributed by atoms with Crippen LogP contribution in [0.1, 0.15) is 32.6 Å². The fourth-order valence-electron chi connectivity index (χ4n) is 2.85. The van der Waals surface area contributed by atoms with E-state index in [1.807, 2.05) is 6.92 Å². The van der Waals surface area contributed by atoms with Crippen LogP contribution >= 0.6 is 0 Å². The number of anilines is 1. The summed E-state index contributed by atoms with van der Waals surface area (Å²) in [6.07, 6.45) is 4.23. The molecule has 6 heteroatoms. The molecule has 0 amide bonds. The third-order valence-corrected chi connectivity index (χ3v) is 4.08. The quantitative estimate of drug-likeness (QED) is 0.596. The summed E-state index contributed by atoms with van der Waals surface area (Å²) in [6, 6.07) is 4.69. The molecular formula is C15H22N2O4. The van der Waals surface area contributed by atoms with E-state index in [1.54, 1.807) is 6.07 Å². The third kappa shape index (κ3) is 3.85. The molecule has 0 bridgehead atoms. The van der Waals surface area contributed by atoms with Gasteiger partial charge in [-0.15, -0.1) is 0 Å². The van der Waals surface area contributed by atoms with Crippen molar-refractivity contribution in [1.29, 1.82) is 0 Å². The van der Waals surface area contributed by atoms with E-state index in [-0.39, 0.29) is 17.7 Å². The van der Waals surface area contributed by atoms with Gasteiger partial charge >= 0.3 is 0 Å². The largest absolute Gasteiger partial charge is 0.494 e. The van der Waals surface area contributed by atoms with Crippen molar-refractivity contribution in [3.8, 4) is 5.75 Å². The maximum absolute atomic E-state index is 11.0. The van der Waals surface area contributed by atoms with Crippen LogP contribution in [0.5, 0.6) is 5.75 Å². The Labute approximate surface area is 124 Å². The van der Waals surface area contributed by atoms with Crippen molar-refractivity contribution in [1.82, 2.24) is 0 Å². The second kappa shape index (κ2) is 6.76. The summed E-state index contributed by atoms with van der Waals surface area (Å²) in [5, 5.41) is 23.8. The average Bonchev–Trinajstić information content (AvgIpc) is 2.95. The van der Waals surface area contributed by atoms with E-state index in [2.05, 4.69) is 5.32 Å². The summed E-state index contributed by atoms with van der Waals surface area (Å²) in [7, 11) is 0. The number of aliphatic hydroxyl groups is 1. The molecule has 0 atom stereocenters. The molecule has 21 heavy (non-hydrogen) atoms. The highest BCUT2D eigenvalue weighted by molar-refractivity contribution is 5.56. The van der Waals surface area contributed by atoms with E-state index >= 15 is 0 Å². The van der Waals surface area contributed by atoms with Crippen molar-refractivity contribution in [2.75, 3.05) is 25.1 Å². The van der Waals surface area contributed by atoms with E-state index in [1.165, 1.54) is 12.1 Å². The number of non-ortho nitro benzene ring substituents is 1. The number of hydrogen-bond acceptors (Lipinski definition) is 5. The van der Waals surface area contributed by atoms with Gasteiger partial charge in [0.1, 0.15) is 5.75 Å². The van der Waals surface area contributed by atoms with Crippen LogP contribution in [-0.4, -0.2) is 29.8 Å². The van der Waals surface area contributed by atoms with Crippen molar-refractivity contribution in [2.45, 2.75) is 32.6 Å². The van der Waals surface area contributed by atoms with Gasteiger partial charge in [0, 0.05) is 29.8 Å². The average molecular weight is 294 g/mol. The zero-order valence-electron chi connectivity index (χ0n) is 12.3. The molecule has 0 aromatic heterocycles. The van der Waals surface area contributed by atoms with Gasteiger partial charge in [0.15, 0.2) is 0 Å². The van der Waals surface area contributed by atoms with Crippen molar-refractivity contribution in [3.63, 3.8) is 0 Å². The van der Waals surface area contributed by atoms with E-state index < -0.39 is 4.92 Å². The maximum atomic E-state index is 11.0. The molecule has 0 aliphatic heterocycles. The minimum Gasteiger partial charge on any atom is -0.494 e. The lowest BCUT2D eigenvalue weighted by Crippen LogP contribution is -2.30. The fourth-order valence-corrected chi connectivity index (χ4v) is 2.85. The summed E-state index contributed by atoms with van der Waals surface area (Å²) in [6.45, 7) is 3.07. The molecule has 0 spiro atoms. The highest BCUT2D eigenvalue weighted by Crippen LogP contribution is 2.38. The van der Waals surface area contributed by atoms with E-state index in [0.29, 0.717) is 24.6 Å². The van der Waals surface area contributed by atoms with Crippen LogP contribution in [0.15, 0.2) is 18.2 Å². The first-order valence-electron chi connectivity index (χ1n) is 7.35. The Morgan fingerprint density at radius 1 is 1.38 bits per heavy atom. The number of benzene rings is 1. The van der Waals surface area contributed by atoms with Crippen molar-refractivity contribution >= 4 is 11.4 Å². The molecule has 116 valence electrons. The van der Waals surface area contributed by atoms with Gasteiger partial charge in [0.05, 0.1) is 24.2 Å². The molecule has 2 rings (SSSR count). The summed E-state index contributed by atoms with van der Waals surface area (Å²) in [4.78, 5) is 10.5. The maximum Gasteiger partial charge on any atom is 0.275 e. The summed E-state index contributed by atoms with van der Waals surface area (Å²) >= 11 is 0. The van der Waals surface area contributed by atoms with E-state index in [4.69, 9.17) is 4.74 Å². The van der Waals surface area contributed by atoms with Gasteiger partial charge in [-0.05, 0) is 19.8 Å². The van der Waals surface area contributed by atoms with Crippen molar-refractivity contribution < 1.29 is 14.8 Å². The van der Waals surface area contributed by atoms with Gasteiger partial charge in [-0.2, -0.15) is 0 Å². The number of hydrogen-bond donors (Lipinski definition) is 2. The summed E-state index contributed by atoms with van der Waals surface area (Å²) in [5.74, 6) is 0.485. The number of aliphatic hydroxyl groups excluding tert-OH is 1. The number of nitrogens with one attached hydrogen (secondary N) is 1. The second-order valence-electron chi connectivity index (χ2n) is 5.62. The Morgan fingerprint density at radius 3 is 2.67 bits per heavy atom. The van der Waals surface area contributed by atoms with Crippen LogP contribution in [0.25, 0.3) is 0 Å². The molecule has 0 heterocycles. The van der Waals surface area contributed by atoms with Gasteiger partial charge < -0.3 is 15.2 Å². The van der Waals surface area contributed by atoms with Crippen molar-refractivity contribution in [3.05, 3.63) is 28.3 Å². The SMILES string of the molecule is CCOc1cc(NCC2(CO)CCCC2)cc([N+](=O)[O-])c1. The Balaban J connectivity index is 2.12. The molecule has 1 aromatic carbocycles. The van der Waals surface area contributed by atoms with E-state index in [9.17, 15) is 15.2 Å². The first-order chi connectivity index (χ1) is 10.1. The predicted octanol–water partition coefficient (Wildman–Crippen LogP) is 2.96. The van der Waals surface area contributed by atoms with Crippen LogP contribution in [0.4, 0.5) is 11.4 Å². The molecule has 0 radical (unpaired) electrons. The zero-order chi connectivity index (χ0) is 15.3. The second-order valence-corrected chi connectivity index (χ2v) is 5.62. The topological polar surface area (TPSA) is 84.6 Å². The standard InChI is InChI=1S/C15H22N2O4/c1-2-21-14-8-12(7-13(9-14)17(19)20)16-10-15(11-18)5-3-4-6-15/h7-9,16,18H,2-6,10-11H2,1H3. The van der Waals surface area contributed by atoms with Crippen LogP contribution in [0, 0.1) is 15.5 Å². The lowest BCUT2D eigenvalue weighted by Gasteiger charge is -2.27. The van der Waals surface area contributed by atoms with Crippen LogP contribution in [-0.2, 0) is 0 Å². The smallest absolute Gasteiger partial charge is 0.275 e. The van der Waals surface area contributed by atoms with Gasteiger partial charge in [-0.1, -0.05) is 12.8 Å². The minimum atomic E-state index is -0.426. The highest BCUT2D eigenvalue weighted by Gasteiger charge is 2.33. The molecule has 1 aliphatic rings. The van der Waals surface area contributed by atoms with Gasteiger partial charge in [0.2, 0.25) is 0 Å². The third-order valence-electron chi connectivity index (χ3n) is 4.08. The normalized spacial score (nSPS) is 16.7. The van der Waals surface area contributed by atoms with Crippen LogP contribution in [0.2, 0.25) is 0 Å². The lowest BCUT2D eigenvalue weighted by atomic mass is 9.87. The Hall–Kier alpha value is -1.82. The summed E-state index contributed by atoms with van der Waals surface area (Å²) < 4.78 is 5.37. The zero-order valence-corrected chi connectivity index (χ0v) is 12.3. The Kier molecular flexibility index (Phi) is 5.01. The molecule has 1 fully saturated rings. The molecule has 1 saturated carbocycles. The van der Waals surface area contributed by atoms with Crippen molar-refractivity contribution in [2.24, 2.45) is 5.41 Å². The fraction of sp³-hybridized carbons (Fsp3) is 0.600. The van der Waals surface area contributed by atoms with Gasteiger partial charge in [-0.3, -0.25) is 10.1 Å². The molecule has 6 nitrogen and oxygen atoms in total. The molecule has 0 saturated heterocycles.